The third-order valence-corrected chi connectivity index (χ3v) is 4.12. The van der Waals surface area contributed by atoms with Crippen molar-refractivity contribution in [3.05, 3.63) is 47.0 Å². The second-order valence-electron chi connectivity index (χ2n) is 5.61. The monoisotopic (exact) mass is 339 g/mol. The minimum Gasteiger partial charge on any atom is -0.454 e. The van der Waals surface area contributed by atoms with Crippen LogP contribution in [0.5, 0.6) is 0 Å². The van der Waals surface area contributed by atoms with E-state index in [1.54, 1.807) is 29.0 Å². The van der Waals surface area contributed by atoms with Crippen molar-refractivity contribution < 1.29 is 9.52 Å². The number of hydrogen-bond donors (Lipinski definition) is 2. The van der Waals surface area contributed by atoms with Gasteiger partial charge in [-0.25, -0.2) is 14.5 Å². The van der Waals surface area contributed by atoms with Crippen LogP contribution in [0, 0.1) is 0 Å². The van der Waals surface area contributed by atoms with Crippen molar-refractivity contribution in [2.24, 2.45) is 0 Å². The molecule has 4 heterocycles. The van der Waals surface area contributed by atoms with Crippen molar-refractivity contribution in [3.8, 4) is 11.5 Å². The summed E-state index contributed by atoms with van der Waals surface area (Å²) in [6.45, 7) is 3.26. The van der Waals surface area contributed by atoms with Crippen LogP contribution in [0.25, 0.3) is 28.1 Å². The Hall–Kier alpha value is -3.13. The average Bonchev–Trinajstić information content (AvgIpc) is 3.22. The van der Waals surface area contributed by atoms with Gasteiger partial charge in [-0.3, -0.25) is 9.89 Å². The van der Waals surface area contributed by atoms with E-state index in [2.05, 4.69) is 15.1 Å². The number of aliphatic hydroxyl groups is 1. The van der Waals surface area contributed by atoms with Gasteiger partial charge in [0.1, 0.15) is 17.1 Å². The van der Waals surface area contributed by atoms with Gasteiger partial charge in [0.15, 0.2) is 11.4 Å². The molecule has 0 bridgehead atoms. The summed E-state index contributed by atoms with van der Waals surface area (Å²) < 4.78 is 7.56. The molecule has 0 aliphatic heterocycles. The molecule has 2 N–H and O–H groups in total. The fourth-order valence-corrected chi connectivity index (χ4v) is 2.93. The number of furan rings is 1. The van der Waals surface area contributed by atoms with E-state index < -0.39 is 0 Å². The van der Waals surface area contributed by atoms with Gasteiger partial charge in [-0.2, -0.15) is 0 Å². The van der Waals surface area contributed by atoms with Crippen molar-refractivity contribution in [3.63, 3.8) is 0 Å². The smallest absolute Gasteiger partial charge is 0.263 e. The number of aromatic amines is 1. The van der Waals surface area contributed by atoms with Crippen molar-refractivity contribution in [1.82, 2.24) is 19.6 Å². The van der Waals surface area contributed by atoms with Gasteiger partial charge in [0.2, 0.25) is 0 Å². The summed E-state index contributed by atoms with van der Waals surface area (Å²) in [4.78, 5) is 22.3. The lowest BCUT2D eigenvalue weighted by Gasteiger charge is -2.20. The summed E-state index contributed by atoms with van der Waals surface area (Å²) in [5, 5.41) is 12.8. The number of aliphatic hydroxyl groups excluding tert-OH is 1. The van der Waals surface area contributed by atoms with Crippen LogP contribution in [-0.4, -0.2) is 44.4 Å². The molecule has 0 unspecified atom stereocenters. The topological polar surface area (TPSA) is 99.7 Å². The molecule has 8 heteroatoms. The maximum atomic E-state index is 11.6. The van der Waals surface area contributed by atoms with Crippen molar-refractivity contribution in [1.29, 1.82) is 0 Å². The summed E-state index contributed by atoms with van der Waals surface area (Å²) in [6.07, 6.45) is 3.34. The van der Waals surface area contributed by atoms with Gasteiger partial charge in [0, 0.05) is 25.4 Å². The number of anilines is 1. The number of H-pyrrole nitrogens is 1. The highest BCUT2D eigenvalue weighted by Crippen LogP contribution is 2.32. The molecule has 0 spiro atoms. The standard InChI is InChI=1S/C17H17N5O3/c1-2-21(7-8-23)17-11-9-14(25-13(11)5-6-18-17)12-10-19-15-3-4-16(24)20-22(12)15/h3-6,9-10,23H,2,7-8H2,1H3,(H,20,24). The first kappa shape index (κ1) is 15.4. The summed E-state index contributed by atoms with van der Waals surface area (Å²) >= 11 is 0. The summed E-state index contributed by atoms with van der Waals surface area (Å²) in [5.41, 5.74) is 1.75. The van der Waals surface area contributed by atoms with E-state index >= 15 is 0 Å². The first-order valence-corrected chi connectivity index (χ1v) is 8.02. The van der Waals surface area contributed by atoms with Gasteiger partial charge < -0.3 is 14.4 Å². The van der Waals surface area contributed by atoms with Gasteiger partial charge >= 0.3 is 0 Å². The highest BCUT2D eigenvalue weighted by atomic mass is 16.3. The Balaban J connectivity index is 1.89. The molecule has 0 saturated heterocycles. The Labute approximate surface area is 142 Å². The number of nitrogens with zero attached hydrogens (tertiary/aromatic N) is 4. The number of likely N-dealkylation sites (N-methyl/N-ethyl adjacent to an activating group) is 1. The second-order valence-corrected chi connectivity index (χ2v) is 5.61. The molecule has 0 amide bonds. The SMILES string of the molecule is CCN(CCO)c1nccc2oc(-c3cnc4ccc(=O)[nH]n34)cc12. The Morgan fingerprint density at radius 2 is 2.20 bits per heavy atom. The van der Waals surface area contributed by atoms with Crippen LogP contribution < -0.4 is 10.5 Å². The summed E-state index contributed by atoms with van der Waals surface area (Å²) in [6, 6.07) is 6.76. The molecule has 25 heavy (non-hydrogen) atoms. The quantitative estimate of drug-likeness (QED) is 0.573. The number of imidazole rings is 1. The molecule has 4 rings (SSSR count). The number of nitrogens with one attached hydrogen (secondary N) is 1. The molecule has 0 atom stereocenters. The highest BCUT2D eigenvalue weighted by Gasteiger charge is 2.17. The van der Waals surface area contributed by atoms with Gasteiger partial charge in [0.05, 0.1) is 18.2 Å². The summed E-state index contributed by atoms with van der Waals surface area (Å²) in [7, 11) is 0. The van der Waals surface area contributed by atoms with Crippen LogP contribution in [0.2, 0.25) is 0 Å². The molecule has 128 valence electrons. The largest absolute Gasteiger partial charge is 0.454 e. The van der Waals surface area contributed by atoms with E-state index in [9.17, 15) is 9.90 Å². The van der Waals surface area contributed by atoms with Crippen LogP contribution in [0.15, 0.2) is 45.9 Å². The summed E-state index contributed by atoms with van der Waals surface area (Å²) in [5.74, 6) is 1.34. The normalized spacial score (nSPS) is 11.4. The minimum atomic E-state index is -0.217. The minimum absolute atomic E-state index is 0.0467. The Morgan fingerprint density at radius 3 is 3.00 bits per heavy atom. The van der Waals surface area contributed by atoms with E-state index in [1.165, 1.54) is 6.07 Å². The number of rotatable bonds is 5. The molecule has 0 fully saturated rings. The van der Waals surface area contributed by atoms with Crippen LogP contribution >= 0.6 is 0 Å². The maximum absolute atomic E-state index is 11.6. The van der Waals surface area contributed by atoms with E-state index in [-0.39, 0.29) is 12.2 Å². The molecule has 0 aliphatic rings. The molecule has 8 nitrogen and oxygen atoms in total. The first-order valence-electron chi connectivity index (χ1n) is 8.02. The maximum Gasteiger partial charge on any atom is 0.263 e. The van der Waals surface area contributed by atoms with Crippen LogP contribution in [0.3, 0.4) is 0 Å². The zero-order valence-corrected chi connectivity index (χ0v) is 13.6. The third-order valence-electron chi connectivity index (χ3n) is 4.12. The van der Waals surface area contributed by atoms with Crippen molar-refractivity contribution in [2.45, 2.75) is 6.92 Å². The molecule has 0 radical (unpaired) electrons. The van der Waals surface area contributed by atoms with E-state index in [1.807, 2.05) is 17.9 Å². The lowest BCUT2D eigenvalue weighted by atomic mass is 10.2. The molecular formula is C17H17N5O3. The molecule has 4 aromatic heterocycles. The predicted molar refractivity (Wildman–Crippen MR) is 93.8 cm³/mol. The van der Waals surface area contributed by atoms with Gasteiger partial charge in [-0.1, -0.05) is 0 Å². The Morgan fingerprint density at radius 1 is 1.32 bits per heavy atom. The number of fused-ring (bicyclic) bond motifs is 2. The fourth-order valence-electron chi connectivity index (χ4n) is 2.93. The predicted octanol–water partition coefficient (Wildman–Crippen LogP) is 1.65. The fraction of sp³-hybridized carbons (Fsp3) is 0.235. The number of pyridine rings is 1. The zero-order valence-electron chi connectivity index (χ0n) is 13.6. The molecule has 0 aliphatic carbocycles. The van der Waals surface area contributed by atoms with Crippen LogP contribution in [0.1, 0.15) is 6.92 Å². The lowest BCUT2D eigenvalue weighted by Crippen LogP contribution is -2.27. The molecule has 4 aromatic rings. The van der Waals surface area contributed by atoms with E-state index in [4.69, 9.17) is 4.42 Å². The number of hydrogen-bond acceptors (Lipinski definition) is 6. The average molecular weight is 339 g/mol. The van der Waals surface area contributed by atoms with Crippen LogP contribution in [0.4, 0.5) is 5.82 Å². The lowest BCUT2D eigenvalue weighted by molar-refractivity contribution is 0.302. The van der Waals surface area contributed by atoms with Gasteiger partial charge in [-0.15, -0.1) is 0 Å². The Kier molecular flexibility index (Phi) is 3.73. The molecule has 0 aromatic carbocycles. The Bertz CT molecular complexity index is 1090. The van der Waals surface area contributed by atoms with Crippen LogP contribution in [-0.2, 0) is 0 Å². The van der Waals surface area contributed by atoms with Gasteiger partial charge in [-0.05, 0) is 25.1 Å². The first-order chi connectivity index (χ1) is 12.2. The van der Waals surface area contributed by atoms with E-state index in [0.717, 1.165) is 17.7 Å². The number of aromatic nitrogens is 4. The molecule has 0 saturated carbocycles. The van der Waals surface area contributed by atoms with Crippen molar-refractivity contribution >= 4 is 22.4 Å². The second kappa shape index (κ2) is 6.06. The third kappa shape index (κ3) is 2.56. The highest BCUT2D eigenvalue weighted by molar-refractivity contribution is 5.91. The molecular weight excluding hydrogens is 322 g/mol. The van der Waals surface area contributed by atoms with Crippen molar-refractivity contribution in [2.75, 3.05) is 24.6 Å². The van der Waals surface area contributed by atoms with E-state index in [0.29, 0.717) is 29.2 Å². The zero-order chi connectivity index (χ0) is 17.4. The van der Waals surface area contributed by atoms with Gasteiger partial charge in [0.25, 0.3) is 5.56 Å².